The van der Waals surface area contributed by atoms with Crippen molar-refractivity contribution in [2.45, 2.75) is 0 Å². The first-order valence-corrected chi connectivity index (χ1v) is 6.13. The number of aromatic amines is 1. The molecule has 0 bridgehead atoms. The Kier molecular flexibility index (Phi) is 2.98. The van der Waals surface area contributed by atoms with Gasteiger partial charge in [0.15, 0.2) is 0 Å². The monoisotopic (exact) mass is 283 g/mol. The van der Waals surface area contributed by atoms with Gasteiger partial charge < -0.3 is 10.7 Å². The fourth-order valence-corrected chi connectivity index (χ4v) is 2.13. The molecule has 0 aliphatic carbocycles. The van der Waals surface area contributed by atoms with Crippen LogP contribution >= 0.6 is 0 Å². The molecule has 0 radical (unpaired) electrons. The summed E-state index contributed by atoms with van der Waals surface area (Å²) in [5, 5.41) is 0. The number of aromatic nitrogens is 2. The highest BCUT2D eigenvalue weighted by molar-refractivity contribution is 6.04. The molecule has 104 valence electrons. The molecule has 0 saturated heterocycles. The topological polar surface area (TPSA) is 88.8 Å². The van der Waals surface area contributed by atoms with Crippen molar-refractivity contribution in [3.05, 3.63) is 53.3 Å². The molecule has 1 amide bonds. The van der Waals surface area contributed by atoms with Crippen LogP contribution in [0.15, 0.2) is 36.4 Å². The van der Waals surface area contributed by atoms with Crippen molar-refractivity contribution in [3.63, 3.8) is 0 Å². The van der Waals surface area contributed by atoms with Gasteiger partial charge in [0.2, 0.25) is 0 Å². The lowest BCUT2D eigenvalue weighted by molar-refractivity contribution is 0.100. The number of amides is 1. The smallest absolute Gasteiger partial charge is 0.251 e. The van der Waals surface area contributed by atoms with E-state index in [9.17, 15) is 14.0 Å². The van der Waals surface area contributed by atoms with Gasteiger partial charge in [-0.1, -0.05) is 24.3 Å². The van der Waals surface area contributed by atoms with E-state index in [1.54, 1.807) is 24.3 Å². The van der Waals surface area contributed by atoms with Crippen molar-refractivity contribution in [1.82, 2.24) is 9.97 Å². The van der Waals surface area contributed by atoms with Gasteiger partial charge in [0.25, 0.3) is 5.91 Å². The molecule has 0 unspecified atom stereocenters. The lowest BCUT2D eigenvalue weighted by atomic mass is 10.1. The highest BCUT2D eigenvalue weighted by Gasteiger charge is 2.14. The number of rotatable bonds is 3. The Morgan fingerprint density at radius 2 is 1.95 bits per heavy atom. The number of hydrogen-bond donors (Lipinski definition) is 2. The van der Waals surface area contributed by atoms with E-state index >= 15 is 0 Å². The van der Waals surface area contributed by atoms with E-state index in [1.165, 1.54) is 6.07 Å². The third-order valence-electron chi connectivity index (χ3n) is 3.14. The van der Waals surface area contributed by atoms with E-state index in [0.717, 1.165) is 12.4 Å². The molecular weight excluding hydrogens is 273 g/mol. The molecule has 1 aromatic heterocycles. The molecule has 0 aliphatic rings. The van der Waals surface area contributed by atoms with Crippen molar-refractivity contribution < 1.29 is 14.0 Å². The van der Waals surface area contributed by atoms with Gasteiger partial charge in [0.05, 0.1) is 11.1 Å². The average molecular weight is 283 g/mol. The van der Waals surface area contributed by atoms with Gasteiger partial charge in [0, 0.05) is 11.1 Å². The predicted molar refractivity (Wildman–Crippen MR) is 75.4 cm³/mol. The third-order valence-corrected chi connectivity index (χ3v) is 3.14. The number of aldehydes is 1. The van der Waals surface area contributed by atoms with Crippen LogP contribution in [0.5, 0.6) is 0 Å². The first kappa shape index (κ1) is 13.0. The van der Waals surface area contributed by atoms with E-state index in [4.69, 9.17) is 5.73 Å². The van der Waals surface area contributed by atoms with E-state index in [-0.39, 0.29) is 5.56 Å². The molecule has 0 saturated carbocycles. The zero-order valence-corrected chi connectivity index (χ0v) is 10.8. The predicted octanol–water partition coefficient (Wildman–Crippen LogP) is 2.28. The number of H-pyrrole nitrogens is 1. The Hall–Kier alpha value is -3.02. The number of nitrogens with two attached hydrogens (primary N) is 1. The van der Waals surface area contributed by atoms with Gasteiger partial charge in [-0.05, 0) is 12.1 Å². The Balaban J connectivity index is 2.18. The van der Waals surface area contributed by atoms with Crippen molar-refractivity contribution >= 4 is 23.2 Å². The van der Waals surface area contributed by atoms with Crippen LogP contribution in [-0.2, 0) is 0 Å². The Morgan fingerprint density at radius 3 is 2.57 bits per heavy atom. The molecular formula is C15H10FN3O2. The fraction of sp³-hybridized carbons (Fsp3) is 0. The van der Waals surface area contributed by atoms with Crippen molar-refractivity contribution in [2.75, 3.05) is 0 Å². The van der Waals surface area contributed by atoms with Gasteiger partial charge in [-0.2, -0.15) is 0 Å². The maximum absolute atomic E-state index is 13.5. The summed E-state index contributed by atoms with van der Waals surface area (Å²) in [6.07, 6.45) is 0.739. The Bertz CT molecular complexity index is 853. The van der Waals surface area contributed by atoms with Crippen LogP contribution in [0.2, 0.25) is 0 Å². The van der Waals surface area contributed by atoms with Gasteiger partial charge in [-0.15, -0.1) is 0 Å². The summed E-state index contributed by atoms with van der Waals surface area (Å²) in [6.45, 7) is 0. The number of imidazole rings is 1. The lowest BCUT2D eigenvalue weighted by Gasteiger charge is -1.96. The van der Waals surface area contributed by atoms with E-state index < -0.39 is 11.7 Å². The molecule has 1 heterocycles. The maximum atomic E-state index is 13.5. The second kappa shape index (κ2) is 4.82. The maximum Gasteiger partial charge on any atom is 0.251 e. The average Bonchev–Trinajstić information content (AvgIpc) is 2.90. The standard InChI is InChI=1S/C15H10FN3O2/c16-10-5-11(14(17)21)13-12(6-10)18-15(19-13)9-3-1-8(7-20)2-4-9/h1-7H,(H2,17,21)(H,18,19). The number of fused-ring (bicyclic) bond motifs is 1. The van der Waals surface area contributed by atoms with Crippen molar-refractivity contribution in [2.24, 2.45) is 5.73 Å². The molecule has 3 aromatic rings. The minimum absolute atomic E-state index is 0.0250. The van der Waals surface area contributed by atoms with Gasteiger partial charge in [-0.3, -0.25) is 9.59 Å². The number of benzene rings is 2. The van der Waals surface area contributed by atoms with Crippen LogP contribution in [0.1, 0.15) is 20.7 Å². The first-order valence-electron chi connectivity index (χ1n) is 6.13. The highest BCUT2D eigenvalue weighted by atomic mass is 19.1. The molecule has 0 spiro atoms. The highest BCUT2D eigenvalue weighted by Crippen LogP contribution is 2.24. The lowest BCUT2D eigenvalue weighted by Crippen LogP contribution is -2.11. The second-order valence-corrected chi connectivity index (χ2v) is 4.54. The summed E-state index contributed by atoms with van der Waals surface area (Å²) in [5.74, 6) is -0.841. The van der Waals surface area contributed by atoms with Crippen LogP contribution in [-0.4, -0.2) is 22.2 Å². The number of hydrogen-bond acceptors (Lipinski definition) is 3. The van der Waals surface area contributed by atoms with Gasteiger partial charge in [-0.25, -0.2) is 9.37 Å². The number of primary amides is 1. The largest absolute Gasteiger partial charge is 0.366 e. The SMILES string of the molecule is NC(=O)c1cc(F)cc2[nH]c(-c3ccc(C=O)cc3)nc12. The molecule has 0 atom stereocenters. The van der Waals surface area contributed by atoms with Crippen LogP contribution < -0.4 is 5.73 Å². The van der Waals surface area contributed by atoms with Gasteiger partial charge in [0.1, 0.15) is 23.4 Å². The molecule has 6 heteroatoms. The molecule has 2 aromatic carbocycles. The molecule has 21 heavy (non-hydrogen) atoms. The summed E-state index contributed by atoms with van der Waals surface area (Å²) in [4.78, 5) is 29.2. The zero-order valence-electron chi connectivity index (χ0n) is 10.8. The van der Waals surface area contributed by atoms with Crippen LogP contribution in [0.4, 0.5) is 4.39 Å². The molecule has 0 fully saturated rings. The molecule has 0 aliphatic heterocycles. The molecule has 5 nitrogen and oxygen atoms in total. The number of carbonyl (C=O) groups excluding carboxylic acids is 2. The summed E-state index contributed by atoms with van der Waals surface area (Å²) in [5.41, 5.74) is 7.22. The van der Waals surface area contributed by atoms with Crippen molar-refractivity contribution in [1.29, 1.82) is 0 Å². The van der Waals surface area contributed by atoms with E-state index in [1.807, 2.05) is 0 Å². The third kappa shape index (κ3) is 2.27. The minimum atomic E-state index is -0.742. The van der Waals surface area contributed by atoms with Crippen LogP contribution in [0.25, 0.3) is 22.4 Å². The number of nitrogens with zero attached hydrogens (tertiary/aromatic N) is 1. The second-order valence-electron chi connectivity index (χ2n) is 4.54. The van der Waals surface area contributed by atoms with Crippen LogP contribution in [0, 0.1) is 5.82 Å². The molecule has 3 rings (SSSR count). The quantitative estimate of drug-likeness (QED) is 0.723. The summed E-state index contributed by atoms with van der Waals surface area (Å²) >= 11 is 0. The summed E-state index contributed by atoms with van der Waals surface area (Å²) in [6, 6.07) is 9.02. The first-order chi connectivity index (χ1) is 10.1. The van der Waals surface area contributed by atoms with Crippen molar-refractivity contribution in [3.8, 4) is 11.4 Å². The van der Waals surface area contributed by atoms with Crippen LogP contribution in [0.3, 0.4) is 0 Å². The Morgan fingerprint density at radius 1 is 1.24 bits per heavy atom. The minimum Gasteiger partial charge on any atom is -0.366 e. The summed E-state index contributed by atoms with van der Waals surface area (Å²) < 4.78 is 13.5. The Labute approximate surface area is 118 Å². The zero-order chi connectivity index (χ0) is 15.0. The fourth-order valence-electron chi connectivity index (χ4n) is 2.13. The van der Waals surface area contributed by atoms with E-state index in [2.05, 4.69) is 9.97 Å². The summed E-state index contributed by atoms with van der Waals surface area (Å²) in [7, 11) is 0. The van der Waals surface area contributed by atoms with Gasteiger partial charge >= 0.3 is 0 Å². The molecule has 3 N–H and O–H groups in total. The number of carbonyl (C=O) groups is 2. The number of halogens is 1. The van der Waals surface area contributed by atoms with E-state index in [0.29, 0.717) is 28.0 Å². The normalized spacial score (nSPS) is 10.7. The number of nitrogens with one attached hydrogen (secondary N) is 1.